The molecule has 26 heavy (non-hydrogen) atoms. The second-order valence-electron chi connectivity index (χ2n) is 6.61. The van der Waals surface area contributed by atoms with Gasteiger partial charge in [0.1, 0.15) is 6.54 Å². The van der Waals surface area contributed by atoms with Crippen LogP contribution in [0, 0.1) is 6.92 Å². The Labute approximate surface area is 154 Å². The maximum absolute atomic E-state index is 12.4. The zero-order valence-electron chi connectivity index (χ0n) is 15.0. The molecule has 0 aromatic heterocycles. The van der Waals surface area contributed by atoms with Crippen LogP contribution in [-0.2, 0) is 27.8 Å². The summed E-state index contributed by atoms with van der Waals surface area (Å²) in [5.41, 5.74) is 3.78. The minimum absolute atomic E-state index is 0.115. The summed E-state index contributed by atoms with van der Waals surface area (Å²) in [6, 6.07) is 13.2. The number of amides is 1. The summed E-state index contributed by atoms with van der Waals surface area (Å²) in [5, 5.41) is 2.82. The number of hydrogen-bond donors (Lipinski definition) is 3. The molecule has 0 saturated carbocycles. The van der Waals surface area contributed by atoms with E-state index in [1.807, 2.05) is 12.1 Å². The van der Waals surface area contributed by atoms with E-state index < -0.39 is 10.0 Å². The lowest BCUT2D eigenvalue weighted by atomic mass is 10.00. The fraction of sp³-hybridized carbons (Fsp3) is 0.316. The summed E-state index contributed by atoms with van der Waals surface area (Å²) in [6.07, 6.45) is 0.966. The Morgan fingerprint density at radius 1 is 1.15 bits per heavy atom. The zero-order chi connectivity index (χ0) is 18.7. The van der Waals surface area contributed by atoms with Crippen LogP contribution in [0.4, 0.5) is 5.69 Å². The molecule has 1 amide bonds. The number of aryl methyl sites for hydroxylation is 1. The van der Waals surface area contributed by atoms with Crippen LogP contribution < -0.4 is 14.9 Å². The first-order chi connectivity index (χ1) is 12.4. The van der Waals surface area contributed by atoms with E-state index in [1.165, 1.54) is 29.1 Å². The van der Waals surface area contributed by atoms with E-state index in [9.17, 15) is 13.2 Å². The second kappa shape index (κ2) is 7.57. The van der Waals surface area contributed by atoms with Crippen molar-refractivity contribution in [1.82, 2.24) is 4.72 Å². The van der Waals surface area contributed by atoms with Crippen molar-refractivity contribution in [2.45, 2.75) is 24.8 Å². The van der Waals surface area contributed by atoms with Crippen LogP contribution in [0.15, 0.2) is 47.4 Å². The molecule has 7 heteroatoms. The van der Waals surface area contributed by atoms with E-state index in [0.717, 1.165) is 19.5 Å². The first-order valence-corrected chi connectivity index (χ1v) is 10.1. The van der Waals surface area contributed by atoms with Crippen molar-refractivity contribution in [3.05, 3.63) is 59.2 Å². The van der Waals surface area contributed by atoms with E-state index in [4.69, 9.17) is 0 Å². The van der Waals surface area contributed by atoms with Gasteiger partial charge in [-0.1, -0.05) is 30.3 Å². The van der Waals surface area contributed by atoms with Gasteiger partial charge >= 0.3 is 0 Å². The minimum Gasteiger partial charge on any atom is -0.323 e. The van der Waals surface area contributed by atoms with Gasteiger partial charge in [0.25, 0.3) is 5.91 Å². The van der Waals surface area contributed by atoms with Crippen molar-refractivity contribution in [2.75, 3.05) is 25.5 Å². The summed E-state index contributed by atoms with van der Waals surface area (Å²) in [6.45, 7) is 3.83. The highest BCUT2D eigenvalue weighted by molar-refractivity contribution is 7.89. The molecule has 2 aromatic rings. The summed E-state index contributed by atoms with van der Waals surface area (Å²) in [4.78, 5) is 13.8. The molecule has 1 aliphatic rings. The normalized spacial score (nSPS) is 16.8. The third-order valence-corrected chi connectivity index (χ3v) is 6.30. The van der Waals surface area contributed by atoms with Gasteiger partial charge in [-0.2, -0.15) is 0 Å². The summed E-state index contributed by atoms with van der Waals surface area (Å²) < 4.78 is 26.4. The molecule has 0 aliphatic carbocycles. The lowest BCUT2D eigenvalue weighted by Gasteiger charge is -2.25. The highest BCUT2D eigenvalue weighted by atomic mass is 32.2. The number of benzene rings is 2. The quantitative estimate of drug-likeness (QED) is 0.712. The Bertz CT molecular complexity index is 925. The van der Waals surface area contributed by atoms with Crippen molar-refractivity contribution in [3.63, 3.8) is 0 Å². The van der Waals surface area contributed by atoms with Crippen molar-refractivity contribution in [2.24, 2.45) is 0 Å². The summed E-state index contributed by atoms with van der Waals surface area (Å²) >= 11 is 0. The maximum atomic E-state index is 12.4. The van der Waals surface area contributed by atoms with E-state index in [-0.39, 0.29) is 10.8 Å². The van der Waals surface area contributed by atoms with Crippen molar-refractivity contribution in [1.29, 1.82) is 0 Å². The van der Waals surface area contributed by atoms with Crippen LogP contribution in [0.25, 0.3) is 0 Å². The molecule has 0 saturated heterocycles. The number of hydrogen-bond acceptors (Lipinski definition) is 3. The average Bonchev–Trinajstić information content (AvgIpc) is 2.63. The molecular formula is C19H24N3O3S+. The Hall–Kier alpha value is -2.22. The topological polar surface area (TPSA) is 79.7 Å². The van der Waals surface area contributed by atoms with Crippen molar-refractivity contribution >= 4 is 21.6 Å². The Morgan fingerprint density at radius 2 is 1.88 bits per heavy atom. The Morgan fingerprint density at radius 3 is 2.62 bits per heavy atom. The first-order valence-electron chi connectivity index (χ1n) is 8.63. The van der Waals surface area contributed by atoms with Gasteiger partial charge in [0.2, 0.25) is 10.0 Å². The first kappa shape index (κ1) is 18.6. The fourth-order valence-corrected chi connectivity index (χ4v) is 4.30. The van der Waals surface area contributed by atoms with Gasteiger partial charge in [0.15, 0.2) is 6.54 Å². The molecule has 0 bridgehead atoms. The molecule has 0 fully saturated rings. The Balaban J connectivity index is 1.67. The summed E-state index contributed by atoms with van der Waals surface area (Å²) in [5.74, 6) is -0.115. The van der Waals surface area contributed by atoms with Crippen LogP contribution in [0.5, 0.6) is 0 Å². The second-order valence-corrected chi connectivity index (χ2v) is 8.46. The number of fused-ring (bicyclic) bond motifs is 1. The lowest BCUT2D eigenvalue weighted by Crippen LogP contribution is -3.12. The Kier molecular flexibility index (Phi) is 5.41. The number of sulfonamides is 1. The number of anilines is 1. The molecule has 138 valence electrons. The standard InChI is InChI=1S/C19H23N3O3S/c1-14-7-8-17(11-18(14)26(24,25)20-2)21-19(23)13-22-10-9-15-5-3-4-6-16(15)12-22/h3-8,11,20H,9-10,12-13H2,1-2H3,(H,21,23)/p+1. The number of quaternary nitrogens is 1. The SMILES string of the molecule is CNS(=O)(=O)c1cc(NC(=O)C[NH+]2CCc3ccccc3C2)ccc1C. The molecule has 1 aliphatic heterocycles. The van der Waals surface area contributed by atoms with Gasteiger partial charge < -0.3 is 10.2 Å². The van der Waals surface area contributed by atoms with Crippen molar-refractivity contribution in [3.8, 4) is 0 Å². The third-order valence-electron chi connectivity index (χ3n) is 4.75. The molecule has 2 aromatic carbocycles. The fourth-order valence-electron chi connectivity index (χ4n) is 3.30. The number of carbonyl (C=O) groups is 1. The third kappa shape index (κ3) is 4.12. The molecule has 0 spiro atoms. The smallest absolute Gasteiger partial charge is 0.279 e. The van der Waals surface area contributed by atoms with Crippen LogP contribution in [0.2, 0.25) is 0 Å². The monoisotopic (exact) mass is 374 g/mol. The van der Waals surface area contributed by atoms with Gasteiger partial charge in [-0.25, -0.2) is 13.1 Å². The predicted octanol–water partition coefficient (Wildman–Crippen LogP) is 0.483. The van der Waals surface area contributed by atoms with Crippen molar-refractivity contribution < 1.29 is 18.1 Å². The van der Waals surface area contributed by atoms with Crippen LogP contribution in [-0.4, -0.2) is 34.5 Å². The van der Waals surface area contributed by atoms with Gasteiger partial charge in [-0.3, -0.25) is 4.79 Å². The van der Waals surface area contributed by atoms with E-state index >= 15 is 0 Å². The number of nitrogens with one attached hydrogen (secondary N) is 3. The number of rotatable bonds is 5. The average molecular weight is 374 g/mol. The molecule has 1 unspecified atom stereocenters. The lowest BCUT2D eigenvalue weighted by molar-refractivity contribution is -0.907. The molecule has 0 radical (unpaired) electrons. The van der Waals surface area contributed by atoms with Gasteiger partial charge in [0.05, 0.1) is 11.4 Å². The maximum Gasteiger partial charge on any atom is 0.279 e. The molecular weight excluding hydrogens is 350 g/mol. The predicted molar refractivity (Wildman–Crippen MR) is 101 cm³/mol. The van der Waals surface area contributed by atoms with Gasteiger partial charge in [-0.15, -0.1) is 0 Å². The molecule has 1 atom stereocenters. The minimum atomic E-state index is -3.55. The van der Waals surface area contributed by atoms with Gasteiger partial charge in [0, 0.05) is 17.7 Å². The van der Waals surface area contributed by atoms with Crippen LogP contribution in [0.3, 0.4) is 0 Å². The largest absolute Gasteiger partial charge is 0.323 e. The van der Waals surface area contributed by atoms with Crippen LogP contribution in [0.1, 0.15) is 16.7 Å². The molecule has 1 heterocycles. The van der Waals surface area contributed by atoms with E-state index in [0.29, 0.717) is 17.8 Å². The molecule has 3 N–H and O–H groups in total. The highest BCUT2D eigenvalue weighted by Gasteiger charge is 2.22. The molecule has 3 rings (SSSR count). The van der Waals surface area contributed by atoms with Crippen LogP contribution >= 0.6 is 0 Å². The van der Waals surface area contributed by atoms with E-state index in [1.54, 1.807) is 19.1 Å². The zero-order valence-corrected chi connectivity index (χ0v) is 15.8. The number of carbonyl (C=O) groups excluding carboxylic acids is 1. The molecule has 6 nitrogen and oxygen atoms in total. The highest BCUT2D eigenvalue weighted by Crippen LogP contribution is 2.19. The van der Waals surface area contributed by atoms with Gasteiger partial charge in [-0.05, 0) is 37.2 Å². The summed E-state index contributed by atoms with van der Waals surface area (Å²) in [7, 11) is -2.18. The van der Waals surface area contributed by atoms with E-state index in [2.05, 4.69) is 22.2 Å².